The SMILES string of the molecule is COC1CC(n2c(=O)n(C)c3cnc4ccc(-c5ccc(OCCCN6CCC6)nc5)cc4c32)C1. The molecule has 0 bridgehead atoms. The van der Waals surface area contributed by atoms with Gasteiger partial charge in [0.2, 0.25) is 5.88 Å². The summed E-state index contributed by atoms with van der Waals surface area (Å²) in [6, 6.07) is 10.3. The lowest BCUT2D eigenvalue weighted by Crippen LogP contribution is -2.38. The Balaban J connectivity index is 1.29. The first-order chi connectivity index (χ1) is 17.1. The minimum absolute atomic E-state index is 0.00321. The van der Waals surface area contributed by atoms with Gasteiger partial charge < -0.3 is 14.4 Å². The van der Waals surface area contributed by atoms with Gasteiger partial charge in [0.05, 0.1) is 35.5 Å². The number of hydrogen-bond acceptors (Lipinski definition) is 6. The van der Waals surface area contributed by atoms with E-state index in [1.54, 1.807) is 17.9 Å². The van der Waals surface area contributed by atoms with Gasteiger partial charge in [0.1, 0.15) is 0 Å². The highest BCUT2D eigenvalue weighted by Crippen LogP contribution is 2.37. The molecule has 2 fully saturated rings. The third kappa shape index (κ3) is 4.00. The van der Waals surface area contributed by atoms with E-state index in [-0.39, 0.29) is 17.8 Å². The zero-order valence-corrected chi connectivity index (χ0v) is 20.3. The third-order valence-electron chi connectivity index (χ3n) is 7.57. The number of pyridine rings is 2. The highest BCUT2D eigenvalue weighted by molar-refractivity contribution is 6.04. The van der Waals surface area contributed by atoms with E-state index < -0.39 is 0 Å². The molecule has 182 valence electrons. The number of hydrogen-bond donors (Lipinski definition) is 0. The fourth-order valence-corrected chi connectivity index (χ4v) is 5.19. The number of imidazole rings is 1. The van der Waals surface area contributed by atoms with Crippen LogP contribution in [0.1, 0.15) is 31.7 Å². The average Bonchev–Trinajstić information content (AvgIpc) is 3.08. The molecule has 0 radical (unpaired) electrons. The Kier molecular flexibility index (Phi) is 5.78. The fourth-order valence-electron chi connectivity index (χ4n) is 5.19. The van der Waals surface area contributed by atoms with Crippen LogP contribution in [0.5, 0.6) is 5.88 Å². The van der Waals surface area contributed by atoms with Gasteiger partial charge in [-0.3, -0.25) is 14.1 Å². The van der Waals surface area contributed by atoms with E-state index in [4.69, 9.17) is 9.47 Å². The molecule has 1 aliphatic heterocycles. The summed E-state index contributed by atoms with van der Waals surface area (Å²) in [6.45, 7) is 4.20. The van der Waals surface area contributed by atoms with E-state index in [2.05, 4.69) is 27.0 Å². The molecule has 6 rings (SSSR count). The molecule has 0 N–H and O–H groups in total. The van der Waals surface area contributed by atoms with Crippen LogP contribution in [0, 0.1) is 0 Å². The Morgan fingerprint density at radius 1 is 1.06 bits per heavy atom. The minimum Gasteiger partial charge on any atom is -0.478 e. The van der Waals surface area contributed by atoms with Crippen molar-refractivity contribution >= 4 is 21.9 Å². The second kappa shape index (κ2) is 9.09. The molecular weight excluding hydrogens is 442 g/mol. The maximum absolute atomic E-state index is 13.2. The number of ether oxygens (including phenoxy) is 2. The van der Waals surface area contributed by atoms with Gasteiger partial charge in [-0.2, -0.15) is 0 Å². The molecule has 1 saturated carbocycles. The molecule has 1 aromatic carbocycles. The number of likely N-dealkylation sites (tertiary alicyclic amines) is 1. The number of rotatable bonds is 8. The number of aryl methyl sites for hydroxylation is 1. The highest BCUT2D eigenvalue weighted by Gasteiger charge is 2.33. The van der Waals surface area contributed by atoms with Crippen molar-refractivity contribution in [2.75, 3.05) is 33.4 Å². The van der Waals surface area contributed by atoms with E-state index >= 15 is 0 Å². The summed E-state index contributed by atoms with van der Waals surface area (Å²) in [4.78, 5) is 24.8. The Hall–Kier alpha value is -3.23. The molecule has 8 nitrogen and oxygen atoms in total. The molecule has 0 amide bonds. The molecule has 8 heteroatoms. The van der Waals surface area contributed by atoms with Gasteiger partial charge in [-0.15, -0.1) is 0 Å². The number of nitrogens with zero attached hydrogens (tertiary/aromatic N) is 5. The second-order valence-corrected chi connectivity index (χ2v) is 9.70. The summed E-state index contributed by atoms with van der Waals surface area (Å²) >= 11 is 0. The smallest absolute Gasteiger partial charge is 0.329 e. The molecule has 0 unspecified atom stereocenters. The van der Waals surface area contributed by atoms with Gasteiger partial charge in [-0.1, -0.05) is 6.07 Å². The van der Waals surface area contributed by atoms with Crippen LogP contribution in [0.25, 0.3) is 33.1 Å². The largest absolute Gasteiger partial charge is 0.478 e. The van der Waals surface area contributed by atoms with Crippen molar-refractivity contribution in [3.63, 3.8) is 0 Å². The van der Waals surface area contributed by atoms with Crippen LogP contribution in [-0.2, 0) is 11.8 Å². The Morgan fingerprint density at radius 2 is 1.89 bits per heavy atom. The van der Waals surface area contributed by atoms with Gasteiger partial charge in [-0.05, 0) is 62.5 Å². The molecule has 4 aromatic rings. The maximum atomic E-state index is 13.2. The summed E-state index contributed by atoms with van der Waals surface area (Å²) in [5.41, 5.74) is 4.70. The highest BCUT2D eigenvalue weighted by atomic mass is 16.5. The standard InChI is InChI=1S/C27H31N5O3/c1-30-24-17-28-23-7-5-18(13-22(23)26(24)32(27(30)33)20-14-21(15-20)34-2)19-6-8-25(29-16-19)35-12-4-11-31-9-3-10-31/h5-8,13,16-17,20-21H,3-4,9-12,14-15H2,1-2H3. The van der Waals surface area contributed by atoms with Crippen molar-refractivity contribution in [3.05, 3.63) is 53.2 Å². The van der Waals surface area contributed by atoms with Gasteiger partial charge in [0, 0.05) is 50.0 Å². The summed E-state index contributed by atoms with van der Waals surface area (Å²) < 4.78 is 14.9. The predicted octanol–water partition coefficient (Wildman–Crippen LogP) is 3.77. The summed E-state index contributed by atoms with van der Waals surface area (Å²) in [6.07, 6.45) is 7.90. The lowest BCUT2D eigenvalue weighted by molar-refractivity contribution is 0.00635. The van der Waals surface area contributed by atoms with E-state index in [1.807, 2.05) is 36.0 Å². The van der Waals surface area contributed by atoms with Gasteiger partial charge in [0.15, 0.2) is 0 Å². The molecule has 1 aliphatic carbocycles. The topological polar surface area (TPSA) is 74.4 Å². The zero-order valence-electron chi connectivity index (χ0n) is 20.3. The Bertz CT molecular complexity index is 1420. The van der Waals surface area contributed by atoms with Crippen molar-refractivity contribution in [1.29, 1.82) is 0 Å². The van der Waals surface area contributed by atoms with Crippen LogP contribution in [-0.4, -0.2) is 63.5 Å². The predicted molar refractivity (Wildman–Crippen MR) is 136 cm³/mol. The lowest BCUT2D eigenvalue weighted by atomic mass is 9.89. The summed E-state index contributed by atoms with van der Waals surface area (Å²) in [5, 5.41) is 0.977. The van der Waals surface area contributed by atoms with E-state index in [0.29, 0.717) is 12.5 Å². The van der Waals surface area contributed by atoms with Gasteiger partial charge >= 0.3 is 5.69 Å². The number of benzene rings is 1. The molecule has 4 heterocycles. The number of methoxy groups -OCH3 is 1. The maximum Gasteiger partial charge on any atom is 0.329 e. The molecule has 35 heavy (non-hydrogen) atoms. The van der Waals surface area contributed by atoms with Crippen molar-refractivity contribution in [2.45, 2.75) is 37.8 Å². The van der Waals surface area contributed by atoms with E-state index in [1.165, 1.54) is 19.5 Å². The average molecular weight is 474 g/mol. The quantitative estimate of drug-likeness (QED) is 0.363. The van der Waals surface area contributed by atoms with Crippen molar-refractivity contribution in [1.82, 2.24) is 24.0 Å². The van der Waals surface area contributed by atoms with Crippen LogP contribution < -0.4 is 10.4 Å². The minimum atomic E-state index is -0.00321. The van der Waals surface area contributed by atoms with Crippen molar-refractivity contribution in [3.8, 4) is 17.0 Å². The van der Waals surface area contributed by atoms with E-state index in [0.717, 1.165) is 58.9 Å². The normalized spacial score (nSPS) is 20.2. The van der Waals surface area contributed by atoms with Crippen LogP contribution >= 0.6 is 0 Å². The van der Waals surface area contributed by atoms with Crippen LogP contribution in [0.15, 0.2) is 47.5 Å². The monoisotopic (exact) mass is 473 g/mol. The molecule has 3 aromatic heterocycles. The first kappa shape index (κ1) is 22.2. The van der Waals surface area contributed by atoms with Crippen LogP contribution in [0.2, 0.25) is 0 Å². The number of fused-ring (bicyclic) bond motifs is 3. The Morgan fingerprint density at radius 3 is 2.60 bits per heavy atom. The summed E-state index contributed by atoms with van der Waals surface area (Å²) in [5.74, 6) is 0.650. The van der Waals surface area contributed by atoms with Gasteiger partial charge in [-0.25, -0.2) is 9.78 Å². The molecular formula is C27H31N5O3. The fraction of sp³-hybridized carbons (Fsp3) is 0.444. The lowest BCUT2D eigenvalue weighted by Gasteiger charge is -2.34. The zero-order chi connectivity index (χ0) is 23.9. The molecule has 1 saturated heterocycles. The van der Waals surface area contributed by atoms with E-state index in [9.17, 15) is 4.79 Å². The van der Waals surface area contributed by atoms with Gasteiger partial charge in [0.25, 0.3) is 0 Å². The first-order valence-corrected chi connectivity index (χ1v) is 12.5. The summed E-state index contributed by atoms with van der Waals surface area (Å²) in [7, 11) is 3.55. The first-order valence-electron chi connectivity index (χ1n) is 12.5. The van der Waals surface area contributed by atoms with Crippen LogP contribution in [0.3, 0.4) is 0 Å². The van der Waals surface area contributed by atoms with Crippen molar-refractivity contribution in [2.24, 2.45) is 7.05 Å². The third-order valence-corrected chi connectivity index (χ3v) is 7.57. The Labute approximate surface area is 204 Å². The van der Waals surface area contributed by atoms with Crippen LogP contribution in [0.4, 0.5) is 0 Å². The van der Waals surface area contributed by atoms with Crippen molar-refractivity contribution < 1.29 is 9.47 Å². The molecule has 0 spiro atoms. The second-order valence-electron chi connectivity index (χ2n) is 9.70. The molecule has 0 atom stereocenters. The number of aromatic nitrogens is 4. The molecule has 2 aliphatic rings.